The predicted octanol–water partition coefficient (Wildman–Crippen LogP) is 3.37. The number of halogens is 4. The molecule has 1 aromatic heterocycles. The average Bonchev–Trinajstić information content (AvgIpc) is 2.17. The highest BCUT2D eigenvalue weighted by Crippen LogP contribution is 2.26. The zero-order valence-corrected chi connectivity index (χ0v) is 12.3. The van der Waals surface area contributed by atoms with Crippen molar-refractivity contribution in [3.63, 3.8) is 0 Å². The zero-order valence-electron chi connectivity index (χ0n) is 9.01. The van der Waals surface area contributed by atoms with Gasteiger partial charge in [0.1, 0.15) is 0 Å². The summed E-state index contributed by atoms with van der Waals surface area (Å²) in [7, 11) is 2.01. The number of nitrogens with one attached hydrogen (secondary N) is 1. The fourth-order valence-corrected chi connectivity index (χ4v) is 1.89. The fourth-order valence-electron chi connectivity index (χ4n) is 1.89. The molecule has 1 N–H and O–H groups in total. The van der Waals surface area contributed by atoms with Crippen molar-refractivity contribution in [2.75, 3.05) is 7.05 Å². The van der Waals surface area contributed by atoms with E-state index >= 15 is 0 Å². The first-order chi connectivity index (χ1) is 5.92. The largest absolute Gasteiger partial charge is 0.312 e. The monoisotopic (exact) mass is 306 g/mol. The summed E-state index contributed by atoms with van der Waals surface area (Å²) in [5.41, 5.74) is 2.68. The van der Waals surface area contributed by atoms with E-state index in [1.807, 2.05) is 19.3 Å². The van der Waals surface area contributed by atoms with E-state index in [1.54, 1.807) is 0 Å². The van der Waals surface area contributed by atoms with Gasteiger partial charge in [-0.15, -0.1) is 49.6 Å². The van der Waals surface area contributed by atoms with E-state index in [2.05, 4.69) is 16.4 Å². The van der Waals surface area contributed by atoms with Crippen LogP contribution in [0.1, 0.15) is 30.1 Å². The van der Waals surface area contributed by atoms with E-state index in [0.717, 1.165) is 0 Å². The molecule has 1 aromatic rings. The topological polar surface area (TPSA) is 24.9 Å². The summed E-state index contributed by atoms with van der Waals surface area (Å²) in [4.78, 5) is 4.41. The third-order valence-electron chi connectivity index (χ3n) is 2.54. The number of hydrogen-bond acceptors (Lipinski definition) is 2. The Kier molecular flexibility index (Phi) is 14.0. The smallest absolute Gasteiger partial charge is 0.0604 e. The van der Waals surface area contributed by atoms with Gasteiger partial charge >= 0.3 is 0 Å². The quantitative estimate of drug-likeness (QED) is 0.860. The summed E-state index contributed by atoms with van der Waals surface area (Å²) < 4.78 is 0. The van der Waals surface area contributed by atoms with Crippen molar-refractivity contribution in [3.8, 4) is 0 Å². The summed E-state index contributed by atoms with van der Waals surface area (Å²) in [6, 6.07) is 4.69. The lowest BCUT2D eigenvalue weighted by Crippen LogP contribution is -2.22. The van der Waals surface area contributed by atoms with Crippen LogP contribution in [-0.4, -0.2) is 12.0 Å². The van der Waals surface area contributed by atoms with Gasteiger partial charge in [0.25, 0.3) is 0 Å². The minimum absolute atomic E-state index is 0. The maximum atomic E-state index is 4.41. The van der Waals surface area contributed by atoms with E-state index in [0.29, 0.717) is 6.04 Å². The molecule has 6 heteroatoms. The first-order valence-electron chi connectivity index (χ1n) is 4.53. The van der Waals surface area contributed by atoms with E-state index in [4.69, 9.17) is 0 Å². The van der Waals surface area contributed by atoms with Gasteiger partial charge in [-0.1, -0.05) is 6.07 Å². The zero-order chi connectivity index (χ0) is 8.39. The van der Waals surface area contributed by atoms with Gasteiger partial charge < -0.3 is 5.32 Å². The second-order valence-corrected chi connectivity index (χ2v) is 3.28. The van der Waals surface area contributed by atoms with Crippen LogP contribution in [0.25, 0.3) is 0 Å². The molecule has 1 heterocycles. The number of fused-ring (bicyclic) bond motifs is 1. The molecule has 0 bridgehead atoms. The Morgan fingerprint density at radius 2 is 1.94 bits per heavy atom. The summed E-state index contributed by atoms with van der Waals surface area (Å²) in [5, 5.41) is 3.30. The number of aromatic nitrogens is 1. The van der Waals surface area contributed by atoms with Crippen LogP contribution in [0.5, 0.6) is 0 Å². The number of aryl methyl sites for hydroxylation is 1. The van der Waals surface area contributed by atoms with Crippen LogP contribution in [-0.2, 0) is 6.42 Å². The van der Waals surface area contributed by atoms with E-state index in [9.17, 15) is 0 Å². The SMILES string of the molecule is CNC1CCCc2cccnc21.Cl.Cl.Cl.Cl. The van der Waals surface area contributed by atoms with Crippen LogP contribution in [0.2, 0.25) is 0 Å². The van der Waals surface area contributed by atoms with Gasteiger partial charge in [-0.25, -0.2) is 0 Å². The molecule has 2 rings (SSSR count). The molecule has 1 atom stereocenters. The first-order valence-corrected chi connectivity index (χ1v) is 4.53. The van der Waals surface area contributed by atoms with Crippen LogP contribution in [0, 0.1) is 0 Å². The van der Waals surface area contributed by atoms with Gasteiger partial charge in [0.2, 0.25) is 0 Å². The van der Waals surface area contributed by atoms with Gasteiger partial charge in [0.15, 0.2) is 0 Å². The molecule has 96 valence electrons. The molecule has 0 spiro atoms. The highest BCUT2D eigenvalue weighted by molar-refractivity contribution is 5.86. The van der Waals surface area contributed by atoms with Crippen molar-refractivity contribution in [2.45, 2.75) is 25.3 Å². The number of pyridine rings is 1. The lowest BCUT2D eigenvalue weighted by atomic mass is 9.92. The molecule has 1 aliphatic rings. The molecule has 16 heavy (non-hydrogen) atoms. The Morgan fingerprint density at radius 3 is 2.56 bits per heavy atom. The molecular weight excluding hydrogens is 290 g/mol. The molecule has 1 aliphatic carbocycles. The molecule has 0 radical (unpaired) electrons. The molecule has 0 aromatic carbocycles. The Morgan fingerprint density at radius 1 is 1.25 bits per heavy atom. The summed E-state index contributed by atoms with van der Waals surface area (Å²) in [5.74, 6) is 0. The Bertz CT molecular complexity index is 283. The van der Waals surface area contributed by atoms with Crippen LogP contribution >= 0.6 is 49.6 Å². The van der Waals surface area contributed by atoms with Crippen molar-refractivity contribution in [1.29, 1.82) is 0 Å². The summed E-state index contributed by atoms with van der Waals surface area (Å²) in [6.07, 6.45) is 5.58. The normalized spacial score (nSPS) is 16.4. The molecule has 0 amide bonds. The minimum atomic E-state index is 0. The van der Waals surface area contributed by atoms with Gasteiger partial charge in [-0.2, -0.15) is 0 Å². The second kappa shape index (κ2) is 10.4. The van der Waals surface area contributed by atoms with Crippen LogP contribution in [0.3, 0.4) is 0 Å². The maximum absolute atomic E-state index is 4.41. The van der Waals surface area contributed by atoms with Crippen molar-refractivity contribution in [3.05, 3.63) is 29.6 Å². The highest BCUT2D eigenvalue weighted by atomic mass is 35.5. The fraction of sp³-hybridized carbons (Fsp3) is 0.500. The van der Waals surface area contributed by atoms with E-state index in [1.165, 1.54) is 30.5 Å². The molecule has 2 nitrogen and oxygen atoms in total. The van der Waals surface area contributed by atoms with Crippen LogP contribution < -0.4 is 5.32 Å². The summed E-state index contributed by atoms with van der Waals surface area (Å²) in [6.45, 7) is 0. The Balaban J connectivity index is -0.000000422. The van der Waals surface area contributed by atoms with E-state index in [-0.39, 0.29) is 49.6 Å². The lowest BCUT2D eigenvalue weighted by molar-refractivity contribution is 0.483. The standard InChI is InChI=1S/C10H14N2.4ClH/c1-11-9-6-2-4-8-5-3-7-12-10(8)9;;;;/h3,5,7,9,11H,2,4,6H2,1H3;4*1H. The predicted molar refractivity (Wildman–Crippen MR) is 78.0 cm³/mol. The van der Waals surface area contributed by atoms with Gasteiger partial charge in [0.05, 0.1) is 5.69 Å². The van der Waals surface area contributed by atoms with Crippen molar-refractivity contribution >= 4 is 49.6 Å². The third-order valence-corrected chi connectivity index (χ3v) is 2.54. The van der Waals surface area contributed by atoms with Crippen LogP contribution in [0.4, 0.5) is 0 Å². The maximum Gasteiger partial charge on any atom is 0.0604 e. The number of rotatable bonds is 1. The second-order valence-electron chi connectivity index (χ2n) is 3.28. The number of nitrogens with zero attached hydrogens (tertiary/aromatic N) is 1. The van der Waals surface area contributed by atoms with Gasteiger partial charge in [-0.05, 0) is 37.9 Å². The van der Waals surface area contributed by atoms with Crippen molar-refractivity contribution in [2.24, 2.45) is 0 Å². The third kappa shape index (κ3) is 4.64. The number of hydrogen-bond donors (Lipinski definition) is 1. The summed E-state index contributed by atoms with van der Waals surface area (Å²) >= 11 is 0. The molecular formula is C10H18Cl4N2. The van der Waals surface area contributed by atoms with Crippen LogP contribution in [0.15, 0.2) is 18.3 Å². The molecule has 0 saturated carbocycles. The average molecular weight is 308 g/mol. The molecule has 0 saturated heterocycles. The Labute approximate surface area is 122 Å². The highest BCUT2D eigenvalue weighted by Gasteiger charge is 2.18. The van der Waals surface area contributed by atoms with E-state index < -0.39 is 0 Å². The Hall–Kier alpha value is 0.270. The van der Waals surface area contributed by atoms with Crippen molar-refractivity contribution < 1.29 is 0 Å². The van der Waals surface area contributed by atoms with Crippen molar-refractivity contribution in [1.82, 2.24) is 10.3 Å². The first kappa shape index (κ1) is 21.5. The van der Waals surface area contributed by atoms with Gasteiger partial charge in [0, 0.05) is 12.2 Å². The lowest BCUT2D eigenvalue weighted by Gasteiger charge is -2.23. The van der Waals surface area contributed by atoms with Gasteiger partial charge in [-0.3, -0.25) is 4.98 Å². The molecule has 1 unspecified atom stereocenters. The minimum Gasteiger partial charge on any atom is -0.312 e. The molecule has 0 fully saturated rings. The molecule has 0 aliphatic heterocycles.